The number of nitrogens with zero attached hydrogens (tertiary/aromatic N) is 2. The highest BCUT2D eigenvalue weighted by Crippen LogP contribution is 2.43. The Hall–Kier alpha value is -2.33. The Balaban J connectivity index is 0.000000146. The Morgan fingerprint density at radius 3 is 1.31 bits per heavy atom. The third-order valence-corrected chi connectivity index (χ3v) is 10.8. The summed E-state index contributed by atoms with van der Waals surface area (Å²) in [7, 11) is -1.51. The first-order valence-corrected chi connectivity index (χ1v) is 16.7. The normalized spacial score (nSPS) is 22.9. The lowest BCUT2D eigenvalue weighted by molar-refractivity contribution is 0.00578. The van der Waals surface area contributed by atoms with E-state index in [0.29, 0.717) is 31.7 Å². The minimum absolute atomic E-state index is 0.261. The van der Waals surface area contributed by atoms with Crippen LogP contribution in [0.5, 0.6) is 0 Å². The molecule has 5 heterocycles. The van der Waals surface area contributed by atoms with Crippen molar-refractivity contribution < 1.29 is 36.7 Å². The highest BCUT2D eigenvalue weighted by Gasteiger charge is 2.63. The van der Waals surface area contributed by atoms with Gasteiger partial charge in [-0.1, -0.05) is 15.9 Å². The molecular formula is C32H44B3BrF2N4O6. The van der Waals surface area contributed by atoms with Gasteiger partial charge in [-0.05, 0) is 113 Å². The van der Waals surface area contributed by atoms with Crippen LogP contribution in [-0.4, -0.2) is 75.1 Å². The van der Waals surface area contributed by atoms with Crippen LogP contribution in [0.25, 0.3) is 21.8 Å². The molecule has 48 heavy (non-hydrogen) atoms. The molecule has 2 aromatic carbocycles. The Morgan fingerprint density at radius 2 is 0.896 bits per heavy atom. The molecule has 0 unspecified atom stereocenters. The SMILES string of the molecule is CC1(C)OB(B2OC(C)(C)C(C)(C)O2)OC1(C)C.CC1(C)OB(c2cc(F)c3cn[nH]c3c2)OC1(C)C.Fc1cc(Br)cc2[nH]ncc12. The fraction of sp³-hybridized carbons (Fsp3) is 0.562. The third kappa shape index (κ3) is 6.99. The van der Waals surface area contributed by atoms with Gasteiger partial charge in [0.05, 0.1) is 67.8 Å². The molecule has 4 aromatic rings. The summed E-state index contributed by atoms with van der Waals surface area (Å²) in [4.78, 5) is 0. The highest BCUT2D eigenvalue weighted by molar-refractivity contribution is 9.10. The van der Waals surface area contributed by atoms with Crippen LogP contribution >= 0.6 is 15.9 Å². The van der Waals surface area contributed by atoms with E-state index in [0.717, 1.165) is 0 Å². The Kier molecular flexibility index (Phi) is 9.60. The van der Waals surface area contributed by atoms with Gasteiger partial charge in [0.1, 0.15) is 11.6 Å². The predicted molar refractivity (Wildman–Crippen MR) is 188 cm³/mol. The highest BCUT2D eigenvalue weighted by atomic mass is 79.9. The quantitative estimate of drug-likeness (QED) is 0.219. The number of benzene rings is 2. The van der Waals surface area contributed by atoms with Gasteiger partial charge in [0.2, 0.25) is 0 Å². The topological polar surface area (TPSA) is 113 Å². The zero-order chi connectivity index (χ0) is 35.7. The van der Waals surface area contributed by atoms with Crippen molar-refractivity contribution in [3.8, 4) is 0 Å². The molecule has 258 valence electrons. The van der Waals surface area contributed by atoms with Crippen molar-refractivity contribution in [1.29, 1.82) is 0 Å². The summed E-state index contributed by atoms with van der Waals surface area (Å²) in [5.41, 5.74) is -0.298. The number of rotatable bonds is 2. The maximum atomic E-state index is 13.9. The van der Waals surface area contributed by atoms with Gasteiger partial charge in [-0.3, -0.25) is 10.2 Å². The van der Waals surface area contributed by atoms with E-state index < -0.39 is 32.3 Å². The fourth-order valence-electron chi connectivity index (χ4n) is 5.12. The zero-order valence-corrected chi connectivity index (χ0v) is 31.3. The Labute approximate surface area is 290 Å². The fourth-order valence-corrected chi connectivity index (χ4v) is 5.55. The van der Waals surface area contributed by atoms with Crippen molar-refractivity contribution in [2.24, 2.45) is 0 Å². The average molecular weight is 731 g/mol. The van der Waals surface area contributed by atoms with Crippen LogP contribution in [-0.2, 0) is 27.9 Å². The first-order chi connectivity index (χ1) is 22.0. The summed E-state index contributed by atoms with van der Waals surface area (Å²) in [5, 5.41) is 14.0. The largest absolute Gasteiger partial charge is 0.495 e. The van der Waals surface area contributed by atoms with E-state index in [-0.39, 0.29) is 34.0 Å². The number of halogens is 3. The molecule has 0 atom stereocenters. The van der Waals surface area contributed by atoms with Crippen molar-refractivity contribution in [1.82, 2.24) is 20.4 Å². The maximum absolute atomic E-state index is 13.9. The standard InChI is InChI=1S/C13H16BFN2O2.C12H24B2O4.C7H4BrFN2/c1-12(2)13(3,4)19-14(18-12)8-5-10(15)9-7-16-17-11(9)6-8;1-9(2)10(3,4)16-13(15-9)14-17-11(5,6)12(7,8)18-14;8-4-1-6(9)5-3-10-11-7(5)2-4/h5-7H,1-4H3,(H,16,17);1-8H3;1-3H,(H,10,11). The molecule has 2 N–H and O–H groups in total. The van der Waals surface area contributed by atoms with Crippen LogP contribution in [0, 0.1) is 11.6 Å². The number of hydrogen-bond acceptors (Lipinski definition) is 8. The molecule has 0 aliphatic carbocycles. The third-order valence-electron chi connectivity index (χ3n) is 10.3. The van der Waals surface area contributed by atoms with E-state index in [1.807, 2.05) is 89.2 Å². The molecule has 0 spiro atoms. The monoisotopic (exact) mass is 730 g/mol. The molecule has 3 fully saturated rings. The predicted octanol–water partition coefficient (Wildman–Crippen LogP) is 6.71. The zero-order valence-electron chi connectivity index (χ0n) is 29.7. The van der Waals surface area contributed by atoms with Crippen LogP contribution < -0.4 is 5.46 Å². The summed E-state index contributed by atoms with van der Waals surface area (Å²) in [6.45, 7) is 24.1. The van der Waals surface area contributed by atoms with Crippen molar-refractivity contribution in [3.05, 3.63) is 52.8 Å². The van der Waals surface area contributed by atoms with Gasteiger partial charge in [0.25, 0.3) is 0 Å². The summed E-state index contributed by atoms with van der Waals surface area (Å²) in [5.74, 6) is -0.584. The molecule has 7 rings (SSSR count). The van der Waals surface area contributed by atoms with Crippen molar-refractivity contribution in [2.45, 2.75) is 117 Å². The van der Waals surface area contributed by atoms with E-state index >= 15 is 0 Å². The molecule has 3 aliphatic heterocycles. The lowest BCUT2D eigenvalue weighted by atomic mass is 9.49. The van der Waals surface area contributed by atoms with Crippen molar-refractivity contribution >= 4 is 64.3 Å². The molecule has 16 heteroatoms. The van der Waals surface area contributed by atoms with E-state index in [1.54, 1.807) is 6.07 Å². The molecule has 0 bridgehead atoms. The molecule has 0 radical (unpaired) electrons. The van der Waals surface area contributed by atoms with Gasteiger partial charge >= 0.3 is 21.1 Å². The summed E-state index contributed by atoms with van der Waals surface area (Å²) in [6.07, 6.45) is 2.94. The average Bonchev–Trinajstić information content (AvgIpc) is 3.72. The van der Waals surface area contributed by atoms with Crippen LogP contribution in [0.4, 0.5) is 8.78 Å². The minimum Gasteiger partial charge on any atom is -0.405 e. The number of aromatic nitrogens is 4. The molecular weight excluding hydrogens is 687 g/mol. The molecule has 2 aromatic heterocycles. The van der Waals surface area contributed by atoms with Crippen LogP contribution in [0.3, 0.4) is 0 Å². The summed E-state index contributed by atoms with van der Waals surface area (Å²) >= 11 is 3.18. The minimum atomic E-state index is -0.563. The van der Waals surface area contributed by atoms with Crippen LogP contribution in [0.2, 0.25) is 0 Å². The molecule has 3 saturated heterocycles. The first-order valence-electron chi connectivity index (χ1n) is 15.9. The molecule has 10 nitrogen and oxygen atoms in total. The maximum Gasteiger partial charge on any atom is 0.495 e. The molecule has 0 amide bonds. The first kappa shape index (κ1) is 36.9. The number of nitrogens with one attached hydrogen (secondary N) is 2. The lowest BCUT2D eigenvalue weighted by Gasteiger charge is -2.32. The van der Waals surface area contributed by atoms with E-state index in [9.17, 15) is 8.78 Å². The van der Waals surface area contributed by atoms with Gasteiger partial charge in [-0.25, -0.2) is 8.78 Å². The van der Waals surface area contributed by atoms with E-state index in [1.165, 1.54) is 24.5 Å². The number of H-pyrrole nitrogens is 2. The van der Waals surface area contributed by atoms with Crippen LogP contribution in [0.1, 0.15) is 83.1 Å². The second-order valence-electron chi connectivity index (χ2n) is 15.4. The Bertz CT molecular complexity index is 1720. The summed E-state index contributed by atoms with van der Waals surface area (Å²) in [6, 6.07) is 6.46. The smallest absolute Gasteiger partial charge is 0.405 e. The number of fused-ring (bicyclic) bond motifs is 2. The van der Waals surface area contributed by atoms with E-state index in [2.05, 4.69) is 36.3 Å². The second-order valence-corrected chi connectivity index (χ2v) is 16.3. The van der Waals surface area contributed by atoms with Crippen LogP contribution in [0.15, 0.2) is 41.1 Å². The van der Waals surface area contributed by atoms with Gasteiger partial charge in [-0.2, -0.15) is 10.2 Å². The molecule has 0 saturated carbocycles. The molecule has 3 aliphatic rings. The van der Waals surface area contributed by atoms with Gasteiger partial charge < -0.3 is 27.9 Å². The van der Waals surface area contributed by atoms with Gasteiger partial charge in [-0.15, -0.1) is 0 Å². The second kappa shape index (κ2) is 12.5. The van der Waals surface area contributed by atoms with Crippen molar-refractivity contribution in [3.63, 3.8) is 0 Å². The van der Waals surface area contributed by atoms with Gasteiger partial charge in [0, 0.05) is 4.47 Å². The number of aromatic amines is 2. The Morgan fingerprint density at radius 1 is 0.542 bits per heavy atom. The van der Waals surface area contributed by atoms with Gasteiger partial charge in [0.15, 0.2) is 0 Å². The van der Waals surface area contributed by atoms with Crippen molar-refractivity contribution in [2.75, 3.05) is 0 Å². The van der Waals surface area contributed by atoms with E-state index in [4.69, 9.17) is 27.9 Å². The number of hydrogen-bond donors (Lipinski definition) is 2. The summed E-state index contributed by atoms with van der Waals surface area (Å²) < 4.78 is 63.3. The lowest BCUT2D eigenvalue weighted by Crippen LogP contribution is -2.41.